The molecule has 0 aliphatic heterocycles. The predicted molar refractivity (Wildman–Crippen MR) is 110 cm³/mol. The van der Waals surface area contributed by atoms with Crippen LogP contribution >= 0.6 is 0 Å². The minimum atomic E-state index is -0.00952. The molecule has 1 unspecified atom stereocenters. The van der Waals surface area contributed by atoms with E-state index < -0.39 is 0 Å². The minimum Gasteiger partial charge on any atom is -0.207 e. The summed E-state index contributed by atoms with van der Waals surface area (Å²) in [6, 6.07) is 5.89. The van der Waals surface area contributed by atoms with Gasteiger partial charge in [-0.05, 0) is 86.3 Å². The summed E-state index contributed by atoms with van der Waals surface area (Å²) >= 11 is 0. The summed E-state index contributed by atoms with van der Waals surface area (Å²) in [6.07, 6.45) is 17.7. The Morgan fingerprint density at radius 2 is 1.73 bits per heavy atom. The van der Waals surface area contributed by atoms with Gasteiger partial charge < -0.3 is 0 Å². The van der Waals surface area contributed by atoms with E-state index in [-0.39, 0.29) is 5.82 Å². The van der Waals surface area contributed by atoms with Crippen LogP contribution in [0.5, 0.6) is 0 Å². The molecule has 0 nitrogen and oxygen atoms in total. The van der Waals surface area contributed by atoms with Crippen LogP contribution in [0.15, 0.2) is 29.8 Å². The lowest BCUT2D eigenvalue weighted by Gasteiger charge is -2.35. The number of halogens is 1. The summed E-state index contributed by atoms with van der Waals surface area (Å²) in [4.78, 5) is 0. The second-order valence-corrected chi connectivity index (χ2v) is 8.76. The maximum absolute atomic E-state index is 14.1. The smallest absolute Gasteiger partial charge is 0.126 e. The highest BCUT2D eigenvalue weighted by Crippen LogP contribution is 2.40. The van der Waals surface area contributed by atoms with Crippen LogP contribution in [0.2, 0.25) is 0 Å². The third-order valence-electron chi connectivity index (χ3n) is 7.05. The summed E-state index contributed by atoms with van der Waals surface area (Å²) < 4.78 is 14.1. The Morgan fingerprint density at radius 1 is 0.923 bits per heavy atom. The van der Waals surface area contributed by atoms with Crippen molar-refractivity contribution in [3.63, 3.8) is 0 Å². The number of benzene rings is 1. The zero-order chi connectivity index (χ0) is 18.4. The number of aryl methyl sites for hydroxylation is 2. The third-order valence-corrected chi connectivity index (χ3v) is 7.05. The molecule has 26 heavy (non-hydrogen) atoms. The first kappa shape index (κ1) is 19.6. The van der Waals surface area contributed by atoms with Crippen molar-refractivity contribution >= 4 is 0 Å². The van der Waals surface area contributed by atoms with E-state index in [4.69, 9.17) is 0 Å². The molecule has 0 spiro atoms. The Kier molecular flexibility index (Phi) is 7.34. The molecule has 0 heterocycles. The number of hydrogen-bond donors (Lipinski definition) is 0. The van der Waals surface area contributed by atoms with Crippen LogP contribution in [0, 0.1) is 23.6 Å². The van der Waals surface area contributed by atoms with E-state index in [2.05, 4.69) is 26.0 Å². The molecule has 2 aliphatic rings. The van der Waals surface area contributed by atoms with Crippen molar-refractivity contribution in [1.29, 1.82) is 0 Å². The van der Waals surface area contributed by atoms with Gasteiger partial charge >= 0.3 is 0 Å². The molecule has 1 atom stereocenters. The molecule has 1 saturated carbocycles. The highest BCUT2D eigenvalue weighted by Gasteiger charge is 2.27. The highest BCUT2D eigenvalue weighted by molar-refractivity contribution is 5.25. The van der Waals surface area contributed by atoms with Gasteiger partial charge in [0.15, 0.2) is 0 Å². The van der Waals surface area contributed by atoms with Gasteiger partial charge in [0.2, 0.25) is 0 Å². The van der Waals surface area contributed by atoms with Crippen molar-refractivity contribution in [2.45, 2.75) is 90.9 Å². The quantitative estimate of drug-likeness (QED) is 0.440. The third kappa shape index (κ3) is 5.21. The lowest BCUT2D eigenvalue weighted by molar-refractivity contribution is 0.189. The maximum Gasteiger partial charge on any atom is 0.126 e. The van der Waals surface area contributed by atoms with Crippen molar-refractivity contribution in [2.24, 2.45) is 17.8 Å². The zero-order valence-electron chi connectivity index (χ0n) is 16.9. The molecule has 0 amide bonds. The summed E-state index contributed by atoms with van der Waals surface area (Å²) in [5.74, 6) is 2.91. The van der Waals surface area contributed by atoms with Crippen LogP contribution in [0.4, 0.5) is 4.39 Å². The van der Waals surface area contributed by atoms with Crippen LogP contribution in [0.25, 0.3) is 0 Å². The highest BCUT2D eigenvalue weighted by atomic mass is 19.1. The Balaban J connectivity index is 1.45. The molecule has 0 N–H and O–H groups in total. The van der Waals surface area contributed by atoms with Gasteiger partial charge in [-0.1, -0.05) is 63.3 Å². The first-order chi connectivity index (χ1) is 12.7. The normalized spacial score (nSPS) is 26.6. The van der Waals surface area contributed by atoms with E-state index >= 15 is 0 Å². The van der Waals surface area contributed by atoms with Gasteiger partial charge in [-0.3, -0.25) is 0 Å². The molecule has 3 rings (SSSR count). The summed E-state index contributed by atoms with van der Waals surface area (Å²) in [6.45, 7) is 4.45. The van der Waals surface area contributed by atoms with Gasteiger partial charge in [-0.25, -0.2) is 4.39 Å². The second kappa shape index (κ2) is 9.72. The average Bonchev–Trinajstić information content (AvgIpc) is 2.69. The maximum atomic E-state index is 14.1. The van der Waals surface area contributed by atoms with E-state index in [1.807, 2.05) is 6.07 Å². The van der Waals surface area contributed by atoms with E-state index in [1.165, 1.54) is 51.4 Å². The molecule has 2 aliphatic carbocycles. The molecule has 0 bridgehead atoms. The Hall–Kier alpha value is -1.11. The lowest BCUT2D eigenvalue weighted by atomic mass is 9.71. The fraction of sp³-hybridized carbons (Fsp3) is 0.680. The van der Waals surface area contributed by atoms with Crippen molar-refractivity contribution in [1.82, 2.24) is 0 Å². The lowest BCUT2D eigenvalue weighted by Crippen LogP contribution is -2.23. The minimum absolute atomic E-state index is 0.00952. The fourth-order valence-corrected chi connectivity index (χ4v) is 5.16. The number of rotatable bonds is 7. The molecule has 0 saturated heterocycles. The molecular formula is C25H37F. The van der Waals surface area contributed by atoms with Crippen LogP contribution in [-0.4, -0.2) is 0 Å². The SMILES string of the molecule is CCCc1ccc(CCC2=CCC(C3CCC(CC)CC3)CC2)cc1F. The standard InChI is InChI=1S/C25H37F/c1-3-5-24-17-12-21(18-25(24)26)7-6-20-10-15-23(16-11-20)22-13-8-19(4-2)9-14-22/h10,12,17-19,22-23H,3-9,11,13-16H2,1-2H3. The first-order valence-electron chi connectivity index (χ1n) is 11.1. The monoisotopic (exact) mass is 356 g/mol. The van der Waals surface area contributed by atoms with Crippen molar-refractivity contribution in [3.8, 4) is 0 Å². The van der Waals surface area contributed by atoms with Gasteiger partial charge in [0.05, 0.1) is 0 Å². The van der Waals surface area contributed by atoms with Crippen molar-refractivity contribution < 1.29 is 4.39 Å². The van der Waals surface area contributed by atoms with Gasteiger partial charge in [0.1, 0.15) is 5.82 Å². The predicted octanol–water partition coefficient (Wildman–Crippen LogP) is 7.65. The van der Waals surface area contributed by atoms with E-state index in [0.717, 1.165) is 54.6 Å². The molecule has 1 heteroatoms. The van der Waals surface area contributed by atoms with Gasteiger partial charge in [0, 0.05) is 0 Å². The molecule has 0 aromatic heterocycles. The largest absolute Gasteiger partial charge is 0.207 e. The van der Waals surface area contributed by atoms with E-state index in [1.54, 1.807) is 11.6 Å². The summed E-state index contributed by atoms with van der Waals surface area (Å²) in [7, 11) is 0. The van der Waals surface area contributed by atoms with Crippen LogP contribution in [0.1, 0.15) is 89.2 Å². The zero-order valence-corrected chi connectivity index (χ0v) is 16.9. The second-order valence-electron chi connectivity index (χ2n) is 8.76. The van der Waals surface area contributed by atoms with Crippen molar-refractivity contribution in [2.75, 3.05) is 0 Å². The van der Waals surface area contributed by atoms with Crippen molar-refractivity contribution in [3.05, 3.63) is 46.8 Å². The van der Waals surface area contributed by atoms with Gasteiger partial charge in [-0.15, -0.1) is 0 Å². The van der Waals surface area contributed by atoms with E-state index in [9.17, 15) is 4.39 Å². The van der Waals surface area contributed by atoms with E-state index in [0.29, 0.717) is 0 Å². The molecule has 1 fully saturated rings. The molecule has 144 valence electrons. The first-order valence-corrected chi connectivity index (χ1v) is 11.1. The molecule has 1 aromatic carbocycles. The van der Waals surface area contributed by atoms with Gasteiger partial charge in [0.25, 0.3) is 0 Å². The molecule has 1 aromatic rings. The Labute approximate surface area is 160 Å². The summed E-state index contributed by atoms with van der Waals surface area (Å²) in [5, 5.41) is 0. The summed E-state index contributed by atoms with van der Waals surface area (Å²) in [5.41, 5.74) is 3.64. The Morgan fingerprint density at radius 3 is 2.35 bits per heavy atom. The van der Waals surface area contributed by atoms with Crippen LogP contribution < -0.4 is 0 Å². The molecular weight excluding hydrogens is 319 g/mol. The Bertz CT molecular complexity index is 592. The van der Waals surface area contributed by atoms with Crippen LogP contribution in [-0.2, 0) is 12.8 Å². The molecule has 0 radical (unpaired) electrons. The average molecular weight is 357 g/mol. The number of hydrogen-bond acceptors (Lipinski definition) is 0. The fourth-order valence-electron chi connectivity index (χ4n) is 5.16. The van der Waals surface area contributed by atoms with Gasteiger partial charge in [-0.2, -0.15) is 0 Å². The number of allylic oxidation sites excluding steroid dienone is 2. The topological polar surface area (TPSA) is 0 Å². The van der Waals surface area contributed by atoms with Crippen LogP contribution in [0.3, 0.4) is 0 Å².